The molecule has 1 atom stereocenters. The molecule has 2 aromatic rings. The monoisotopic (exact) mass is 290 g/mol. The van der Waals surface area contributed by atoms with E-state index >= 15 is 0 Å². The number of hydrogen-bond donors (Lipinski definition) is 1. The number of nitro benzene ring substituents is 1. The third kappa shape index (κ3) is 2.99. The average Bonchev–Trinajstić information content (AvgIpc) is 2.93. The second-order valence-corrected chi connectivity index (χ2v) is 5.81. The third-order valence-electron chi connectivity index (χ3n) is 3.43. The predicted molar refractivity (Wildman–Crippen MR) is 83.5 cm³/mol. The Morgan fingerprint density at radius 3 is 2.60 bits per heavy atom. The Morgan fingerprint density at radius 2 is 2.05 bits per heavy atom. The molecular weight excluding hydrogens is 272 g/mol. The third-order valence-corrected chi connectivity index (χ3v) is 4.42. The SMILES string of the molecule is CCC(Nc1cc(C)c(C)cc1[N+](=O)[O-])c1cccs1. The van der Waals surface area contributed by atoms with Crippen molar-refractivity contribution in [2.24, 2.45) is 0 Å². The van der Waals surface area contributed by atoms with Gasteiger partial charge in [-0.15, -0.1) is 11.3 Å². The number of thiophene rings is 1. The van der Waals surface area contributed by atoms with E-state index < -0.39 is 0 Å². The average molecular weight is 290 g/mol. The minimum Gasteiger partial charge on any atom is -0.372 e. The van der Waals surface area contributed by atoms with Gasteiger partial charge in [0.2, 0.25) is 0 Å². The van der Waals surface area contributed by atoms with E-state index in [1.807, 2.05) is 31.4 Å². The van der Waals surface area contributed by atoms with Gasteiger partial charge in [0.05, 0.1) is 11.0 Å². The molecule has 0 saturated heterocycles. The maximum absolute atomic E-state index is 11.2. The molecule has 1 N–H and O–H groups in total. The molecule has 4 nitrogen and oxygen atoms in total. The summed E-state index contributed by atoms with van der Waals surface area (Å²) < 4.78 is 0. The number of nitrogens with one attached hydrogen (secondary N) is 1. The van der Waals surface area contributed by atoms with Gasteiger partial charge in [-0.1, -0.05) is 13.0 Å². The van der Waals surface area contributed by atoms with Crippen LogP contribution in [0.3, 0.4) is 0 Å². The Morgan fingerprint density at radius 1 is 1.35 bits per heavy atom. The van der Waals surface area contributed by atoms with E-state index in [4.69, 9.17) is 0 Å². The van der Waals surface area contributed by atoms with Crippen molar-refractivity contribution < 1.29 is 4.92 Å². The zero-order valence-corrected chi connectivity index (χ0v) is 12.7. The molecular formula is C15H18N2O2S. The van der Waals surface area contributed by atoms with Gasteiger partial charge in [0.25, 0.3) is 5.69 Å². The number of nitrogens with zero attached hydrogens (tertiary/aromatic N) is 1. The normalized spacial score (nSPS) is 12.2. The van der Waals surface area contributed by atoms with E-state index in [1.165, 1.54) is 4.88 Å². The van der Waals surface area contributed by atoms with Crippen LogP contribution >= 0.6 is 11.3 Å². The summed E-state index contributed by atoms with van der Waals surface area (Å²) in [7, 11) is 0. The topological polar surface area (TPSA) is 55.2 Å². The van der Waals surface area contributed by atoms with Gasteiger partial charge < -0.3 is 5.32 Å². The number of hydrogen-bond acceptors (Lipinski definition) is 4. The van der Waals surface area contributed by atoms with E-state index in [0.717, 1.165) is 17.5 Å². The first kappa shape index (κ1) is 14.5. The lowest BCUT2D eigenvalue weighted by Crippen LogP contribution is -2.10. The molecule has 0 aliphatic rings. The van der Waals surface area contributed by atoms with Crippen molar-refractivity contribution in [2.45, 2.75) is 33.2 Å². The van der Waals surface area contributed by atoms with E-state index in [-0.39, 0.29) is 16.7 Å². The molecule has 0 amide bonds. The Balaban J connectivity index is 2.37. The van der Waals surface area contributed by atoms with Crippen LogP contribution in [-0.4, -0.2) is 4.92 Å². The highest BCUT2D eigenvalue weighted by Crippen LogP contribution is 2.33. The van der Waals surface area contributed by atoms with Crippen molar-refractivity contribution in [2.75, 3.05) is 5.32 Å². The van der Waals surface area contributed by atoms with Crippen LogP contribution in [0.15, 0.2) is 29.6 Å². The quantitative estimate of drug-likeness (QED) is 0.633. The summed E-state index contributed by atoms with van der Waals surface area (Å²) in [6, 6.07) is 7.66. The molecule has 1 unspecified atom stereocenters. The second-order valence-electron chi connectivity index (χ2n) is 4.83. The number of aryl methyl sites for hydroxylation is 2. The summed E-state index contributed by atoms with van der Waals surface area (Å²) in [5.74, 6) is 0. The Kier molecular flexibility index (Phi) is 4.39. The minimum atomic E-state index is -0.323. The molecule has 0 radical (unpaired) electrons. The highest BCUT2D eigenvalue weighted by Gasteiger charge is 2.19. The van der Waals surface area contributed by atoms with Crippen LogP contribution in [0.5, 0.6) is 0 Å². The summed E-state index contributed by atoms with van der Waals surface area (Å²) in [4.78, 5) is 12.1. The van der Waals surface area contributed by atoms with E-state index in [9.17, 15) is 10.1 Å². The molecule has 0 bridgehead atoms. The Labute approximate surface area is 122 Å². The zero-order chi connectivity index (χ0) is 14.7. The van der Waals surface area contributed by atoms with Crippen LogP contribution in [0.2, 0.25) is 0 Å². The van der Waals surface area contributed by atoms with Crippen molar-refractivity contribution in [1.82, 2.24) is 0 Å². The molecule has 0 fully saturated rings. The molecule has 1 aromatic heterocycles. The van der Waals surface area contributed by atoms with Gasteiger partial charge in [-0.3, -0.25) is 10.1 Å². The van der Waals surface area contributed by atoms with Crippen LogP contribution in [0.1, 0.15) is 35.4 Å². The largest absolute Gasteiger partial charge is 0.372 e. The van der Waals surface area contributed by atoms with Gasteiger partial charge in [0, 0.05) is 10.9 Å². The maximum atomic E-state index is 11.2. The molecule has 1 heterocycles. The number of benzene rings is 1. The molecule has 106 valence electrons. The van der Waals surface area contributed by atoms with Crippen molar-refractivity contribution in [3.63, 3.8) is 0 Å². The van der Waals surface area contributed by atoms with Crippen LogP contribution < -0.4 is 5.32 Å². The molecule has 0 aliphatic carbocycles. The van der Waals surface area contributed by atoms with Crippen molar-refractivity contribution >= 4 is 22.7 Å². The van der Waals surface area contributed by atoms with Crippen molar-refractivity contribution in [3.8, 4) is 0 Å². The summed E-state index contributed by atoms with van der Waals surface area (Å²) in [6.45, 7) is 5.93. The minimum absolute atomic E-state index is 0.107. The van der Waals surface area contributed by atoms with Gasteiger partial charge in [-0.25, -0.2) is 0 Å². The standard InChI is InChI=1S/C15H18N2O2S/c1-4-12(15-6-5-7-20-15)16-13-8-10(2)11(3)9-14(13)17(18)19/h5-9,12,16H,4H2,1-3H3. The summed E-state index contributed by atoms with van der Waals surface area (Å²) in [5, 5.41) is 16.5. The van der Waals surface area contributed by atoms with Crippen LogP contribution in [-0.2, 0) is 0 Å². The highest BCUT2D eigenvalue weighted by atomic mass is 32.1. The highest BCUT2D eigenvalue weighted by molar-refractivity contribution is 7.10. The fraction of sp³-hybridized carbons (Fsp3) is 0.333. The van der Waals surface area contributed by atoms with E-state index in [0.29, 0.717) is 5.69 Å². The molecule has 0 spiro atoms. The summed E-state index contributed by atoms with van der Waals surface area (Å²) in [5.41, 5.74) is 2.73. The van der Waals surface area contributed by atoms with Gasteiger partial charge in [0.1, 0.15) is 5.69 Å². The first-order valence-electron chi connectivity index (χ1n) is 6.58. The van der Waals surface area contributed by atoms with Crippen LogP contribution in [0, 0.1) is 24.0 Å². The predicted octanol–water partition coefficient (Wildman–Crippen LogP) is 4.84. The summed E-state index contributed by atoms with van der Waals surface area (Å²) in [6.07, 6.45) is 0.880. The van der Waals surface area contributed by atoms with Gasteiger partial charge in [-0.2, -0.15) is 0 Å². The number of rotatable bonds is 5. The molecule has 5 heteroatoms. The number of nitro groups is 1. The summed E-state index contributed by atoms with van der Waals surface area (Å²) >= 11 is 1.66. The maximum Gasteiger partial charge on any atom is 0.292 e. The van der Waals surface area contributed by atoms with Crippen LogP contribution in [0.25, 0.3) is 0 Å². The second kappa shape index (κ2) is 6.05. The molecule has 0 saturated carbocycles. The lowest BCUT2D eigenvalue weighted by Gasteiger charge is -2.17. The lowest BCUT2D eigenvalue weighted by atomic mass is 10.1. The van der Waals surface area contributed by atoms with E-state index in [1.54, 1.807) is 17.4 Å². The fourth-order valence-electron chi connectivity index (χ4n) is 2.12. The Bertz CT molecular complexity index is 609. The van der Waals surface area contributed by atoms with Gasteiger partial charge in [0.15, 0.2) is 0 Å². The van der Waals surface area contributed by atoms with E-state index in [2.05, 4.69) is 18.3 Å². The molecule has 20 heavy (non-hydrogen) atoms. The molecule has 0 aliphatic heterocycles. The molecule has 2 rings (SSSR count). The number of anilines is 1. The first-order chi connectivity index (χ1) is 9.52. The van der Waals surface area contributed by atoms with Crippen LogP contribution in [0.4, 0.5) is 11.4 Å². The fourth-order valence-corrected chi connectivity index (χ4v) is 2.98. The molecule has 1 aromatic carbocycles. The Hall–Kier alpha value is -1.88. The van der Waals surface area contributed by atoms with Gasteiger partial charge in [-0.05, 0) is 48.9 Å². The smallest absolute Gasteiger partial charge is 0.292 e. The zero-order valence-electron chi connectivity index (χ0n) is 11.8. The first-order valence-corrected chi connectivity index (χ1v) is 7.46. The lowest BCUT2D eigenvalue weighted by molar-refractivity contribution is -0.384. The van der Waals surface area contributed by atoms with Crippen molar-refractivity contribution in [1.29, 1.82) is 0 Å². The van der Waals surface area contributed by atoms with Gasteiger partial charge >= 0.3 is 0 Å². The van der Waals surface area contributed by atoms with Crippen molar-refractivity contribution in [3.05, 3.63) is 55.8 Å².